The van der Waals surface area contributed by atoms with Crippen LogP contribution in [0.4, 0.5) is 17.1 Å². The molecule has 2 heterocycles. The summed E-state index contributed by atoms with van der Waals surface area (Å²) in [5, 5.41) is 6.41. The summed E-state index contributed by atoms with van der Waals surface area (Å²) in [5.41, 5.74) is 30.9. The Morgan fingerprint density at radius 1 is 0.330 bits per heavy atom. The number of benzene rings is 13. The van der Waals surface area contributed by atoms with E-state index in [0.717, 1.165) is 39.5 Å². The second-order valence-corrected chi connectivity index (χ2v) is 26.0. The molecule has 0 saturated carbocycles. The molecule has 0 amide bonds. The van der Waals surface area contributed by atoms with E-state index in [1.54, 1.807) is 0 Å². The topological polar surface area (TPSA) is 33.1 Å². The average Bonchev–Trinajstić information content (AvgIpc) is 1.42. The van der Waals surface area contributed by atoms with Gasteiger partial charge in [0.05, 0.1) is 33.2 Å². The number of allylic oxidation sites excluding steroid dienone is 4. The van der Waals surface area contributed by atoms with Crippen molar-refractivity contribution < 1.29 is 0 Å². The van der Waals surface area contributed by atoms with E-state index in [9.17, 15) is 0 Å². The van der Waals surface area contributed by atoms with Gasteiger partial charge in [-0.1, -0.05) is 279 Å². The maximum Gasteiger partial charge on any atom is 0.145 e. The van der Waals surface area contributed by atoms with Gasteiger partial charge in [0.2, 0.25) is 0 Å². The number of hydrogen-bond acceptors (Lipinski definition) is 3. The van der Waals surface area contributed by atoms with Crippen molar-refractivity contribution in [2.45, 2.75) is 17.0 Å². The van der Waals surface area contributed by atoms with Crippen LogP contribution in [-0.2, 0) is 10.8 Å². The number of nitrogens with zero attached hydrogens (tertiary/aromatic N) is 3. The van der Waals surface area contributed by atoms with Crippen LogP contribution in [0.5, 0.6) is 0 Å². The highest BCUT2D eigenvalue weighted by Gasteiger charge is 2.59. The molecule has 3 unspecified atom stereocenters. The maximum atomic E-state index is 5.30. The van der Waals surface area contributed by atoms with Gasteiger partial charge in [-0.15, -0.1) is 0 Å². The van der Waals surface area contributed by atoms with Crippen molar-refractivity contribution in [3.8, 4) is 50.5 Å². The molecular formula is C90H60N4. The molecule has 0 bridgehead atoms. The number of nitrogens with one attached hydrogen (secondary N) is 1. The third-order valence-corrected chi connectivity index (χ3v) is 21.5. The Hall–Kier alpha value is -11.9. The summed E-state index contributed by atoms with van der Waals surface area (Å²) in [5.74, 6) is 1.03. The van der Waals surface area contributed by atoms with Crippen molar-refractivity contribution in [2.24, 2.45) is 11.8 Å². The van der Waals surface area contributed by atoms with E-state index >= 15 is 0 Å². The van der Waals surface area contributed by atoms with Gasteiger partial charge < -0.3 is 10.2 Å². The zero-order chi connectivity index (χ0) is 61.6. The second kappa shape index (κ2) is 20.3. The normalized spacial score (nSPS) is 17.4. The first kappa shape index (κ1) is 52.9. The van der Waals surface area contributed by atoms with E-state index in [-0.39, 0.29) is 18.0 Å². The van der Waals surface area contributed by atoms with Gasteiger partial charge in [0.1, 0.15) is 12.0 Å². The predicted molar refractivity (Wildman–Crippen MR) is 384 cm³/mol. The summed E-state index contributed by atoms with van der Waals surface area (Å²) in [4.78, 5) is 7.73. The Balaban J connectivity index is 0.826. The van der Waals surface area contributed by atoms with Crippen molar-refractivity contribution in [2.75, 3.05) is 10.2 Å². The van der Waals surface area contributed by atoms with Gasteiger partial charge in [0.15, 0.2) is 0 Å². The van der Waals surface area contributed by atoms with Crippen molar-refractivity contribution in [1.29, 1.82) is 0 Å². The van der Waals surface area contributed by atoms with Gasteiger partial charge in [0, 0.05) is 28.8 Å². The van der Waals surface area contributed by atoms with Crippen LogP contribution < -0.4 is 20.7 Å². The van der Waals surface area contributed by atoms with E-state index in [1.807, 2.05) is 0 Å². The summed E-state index contributed by atoms with van der Waals surface area (Å²) in [7, 11) is 0. The molecule has 20 rings (SSSR count). The third-order valence-electron chi connectivity index (χ3n) is 21.5. The number of rotatable bonds is 7. The summed E-state index contributed by atoms with van der Waals surface area (Å²) in [6, 6.07) is 119. The number of fused-ring (bicyclic) bond motifs is 20. The smallest absolute Gasteiger partial charge is 0.145 e. The first-order valence-corrected chi connectivity index (χ1v) is 33.0. The van der Waals surface area contributed by atoms with Crippen molar-refractivity contribution in [1.82, 2.24) is 9.55 Å². The molecule has 440 valence electrons. The maximum absolute atomic E-state index is 5.30. The molecule has 1 aliphatic heterocycles. The minimum atomic E-state index is -0.615. The monoisotopic (exact) mass is 1200 g/mol. The molecule has 6 aliphatic rings. The lowest BCUT2D eigenvalue weighted by Gasteiger charge is -2.49. The van der Waals surface area contributed by atoms with Crippen molar-refractivity contribution >= 4 is 39.2 Å². The fraction of sp³-hybridized carbons (Fsp3) is 0.0556. The molecule has 5 aliphatic carbocycles. The Kier molecular flexibility index (Phi) is 11.4. The highest BCUT2D eigenvalue weighted by molar-refractivity contribution is 5.95. The summed E-state index contributed by atoms with van der Waals surface area (Å²) in [6.07, 6.45) is 9.33. The molecule has 1 N–H and O–H groups in total. The van der Waals surface area contributed by atoms with Crippen LogP contribution in [0.15, 0.2) is 340 Å². The van der Waals surface area contributed by atoms with Crippen LogP contribution in [-0.4, -0.2) is 9.55 Å². The second-order valence-electron chi connectivity index (χ2n) is 26.0. The Labute approximate surface area is 546 Å². The molecule has 0 saturated heterocycles. The van der Waals surface area contributed by atoms with Gasteiger partial charge in [0.25, 0.3) is 0 Å². The van der Waals surface area contributed by atoms with Gasteiger partial charge in [-0.3, -0.25) is 4.57 Å². The van der Waals surface area contributed by atoms with Crippen LogP contribution >= 0.6 is 0 Å². The molecule has 1 aromatic heterocycles. The Bertz CT molecular complexity index is 5580. The van der Waals surface area contributed by atoms with Gasteiger partial charge >= 0.3 is 0 Å². The molecule has 13 aromatic carbocycles. The van der Waals surface area contributed by atoms with Crippen LogP contribution in [0.25, 0.3) is 72.6 Å². The zero-order valence-corrected chi connectivity index (χ0v) is 51.4. The quantitative estimate of drug-likeness (QED) is 0.173. The fourth-order valence-corrected chi connectivity index (χ4v) is 17.8. The first-order chi connectivity index (χ1) is 46.6. The molecule has 4 heteroatoms. The lowest BCUT2D eigenvalue weighted by atomic mass is 9.52. The SMILES string of the molecule is C1=CC2C(c3ccc(-c4nc5ccccc5n4-c4ccccc4)cc3)=c3ccc(-c4ccc5c(c4)C4(c6ccccc6-c6ccccc64)c4ccccc4C54c5ccccc5-c5ccccc54)cc3=C(c3ccc(C4Nc5ccccc5N4c4ccccc4)cc3)C2C=C1. The lowest BCUT2D eigenvalue weighted by Crippen LogP contribution is -2.43. The molecular weight excluding hydrogens is 1140 g/mol. The fourth-order valence-electron chi connectivity index (χ4n) is 17.8. The van der Waals surface area contributed by atoms with Crippen LogP contribution in [0.3, 0.4) is 0 Å². The minimum absolute atomic E-state index is 0.0439. The van der Waals surface area contributed by atoms with E-state index < -0.39 is 10.8 Å². The van der Waals surface area contributed by atoms with Crippen LogP contribution in [0.1, 0.15) is 67.4 Å². The van der Waals surface area contributed by atoms with E-state index in [4.69, 9.17) is 4.98 Å². The van der Waals surface area contributed by atoms with E-state index in [0.29, 0.717) is 0 Å². The summed E-state index contributed by atoms with van der Waals surface area (Å²) < 4.78 is 2.30. The van der Waals surface area contributed by atoms with Gasteiger partial charge in [-0.25, -0.2) is 4.98 Å². The average molecular weight is 1200 g/mol. The molecule has 4 nitrogen and oxygen atoms in total. The van der Waals surface area contributed by atoms with Crippen molar-refractivity contribution in [3.05, 3.63) is 411 Å². The number of imidazole rings is 1. The highest BCUT2D eigenvalue weighted by atomic mass is 15.3. The van der Waals surface area contributed by atoms with E-state index in [2.05, 4.69) is 355 Å². The highest BCUT2D eigenvalue weighted by Crippen LogP contribution is 2.68. The van der Waals surface area contributed by atoms with Crippen molar-refractivity contribution in [3.63, 3.8) is 0 Å². The third kappa shape index (κ3) is 7.31. The van der Waals surface area contributed by atoms with E-state index in [1.165, 1.54) is 122 Å². The molecule has 3 atom stereocenters. The zero-order valence-electron chi connectivity index (χ0n) is 51.4. The molecule has 0 radical (unpaired) electrons. The molecule has 14 aromatic rings. The standard InChI is InChI=1S/C90H60N4/c1-3-23-63(24-4-1)93-83-41-21-19-39-81(83)91-87(93)59-47-43-57(44-48-59)85-69-31-7-8-32-70(69)86(58-45-49-60(50-46-58)88-92-82-40-20-22-42-84(82)94(88)64-25-5-2-6-26-64)72-55-61(51-53-71(72)85)62-52-54-79-80(56-62)90(75-35-15-11-29-67(75)68-30-12-16-36-76(68)90)78-38-18-17-37-77(78)89(79)73-33-13-9-27-65(73)66-28-10-14-34-74(66)89/h1-56,69-70,88,92H. The minimum Gasteiger partial charge on any atom is -0.359 e. The number of para-hydroxylation sites is 6. The lowest BCUT2D eigenvalue weighted by molar-refractivity contribution is 0.633. The Morgan fingerprint density at radius 2 is 0.777 bits per heavy atom. The van der Waals surface area contributed by atoms with Gasteiger partial charge in [-0.2, -0.15) is 0 Å². The molecule has 94 heavy (non-hydrogen) atoms. The molecule has 0 fully saturated rings. The summed E-state index contributed by atoms with van der Waals surface area (Å²) in [6.45, 7) is 0. The number of aromatic nitrogens is 2. The number of anilines is 3. The summed E-state index contributed by atoms with van der Waals surface area (Å²) >= 11 is 0. The van der Waals surface area contributed by atoms with Crippen LogP contribution in [0, 0.1) is 11.8 Å². The first-order valence-electron chi connectivity index (χ1n) is 33.0. The van der Waals surface area contributed by atoms with Crippen LogP contribution in [0.2, 0.25) is 0 Å². The number of hydrogen-bond donors (Lipinski definition) is 1. The predicted octanol–water partition coefficient (Wildman–Crippen LogP) is 19.4. The van der Waals surface area contributed by atoms with Gasteiger partial charge in [-0.05, 0) is 177 Å². The Morgan fingerprint density at radius 3 is 1.39 bits per heavy atom. The largest absolute Gasteiger partial charge is 0.359 e. The molecule has 2 spiro atoms.